The topological polar surface area (TPSA) is 54.9 Å². The van der Waals surface area contributed by atoms with E-state index in [0.29, 0.717) is 21.9 Å². The van der Waals surface area contributed by atoms with E-state index in [1.165, 1.54) is 0 Å². The number of nitrogens with zero attached hydrogens (tertiary/aromatic N) is 2. The van der Waals surface area contributed by atoms with Crippen LogP contribution in [0.15, 0.2) is 48.8 Å². The Balaban J connectivity index is 1.91. The Morgan fingerprint density at radius 2 is 2.05 bits per heavy atom. The summed E-state index contributed by atoms with van der Waals surface area (Å²) in [4.78, 5) is 20.6. The molecule has 0 radical (unpaired) electrons. The van der Waals surface area contributed by atoms with Gasteiger partial charge in [0.2, 0.25) is 0 Å². The second kappa shape index (κ2) is 5.50. The number of pyridine rings is 2. The number of rotatable bonds is 2. The van der Waals surface area contributed by atoms with Crippen LogP contribution in [0.4, 0.5) is 5.69 Å². The van der Waals surface area contributed by atoms with Gasteiger partial charge in [-0.1, -0.05) is 29.8 Å². The molecular weight excluding hydrogens is 286 g/mol. The summed E-state index contributed by atoms with van der Waals surface area (Å²) in [6.07, 6.45) is 3.32. The van der Waals surface area contributed by atoms with E-state index < -0.39 is 0 Å². The zero-order chi connectivity index (χ0) is 14.8. The second-order valence-electron chi connectivity index (χ2n) is 4.66. The van der Waals surface area contributed by atoms with Gasteiger partial charge < -0.3 is 5.32 Å². The smallest absolute Gasteiger partial charge is 0.274 e. The fourth-order valence-corrected chi connectivity index (χ4v) is 2.20. The first kappa shape index (κ1) is 13.5. The predicted molar refractivity (Wildman–Crippen MR) is 83.7 cm³/mol. The summed E-state index contributed by atoms with van der Waals surface area (Å²) >= 11 is 6.17. The Hall–Kier alpha value is -2.46. The van der Waals surface area contributed by atoms with Gasteiger partial charge in [0, 0.05) is 11.6 Å². The third-order valence-electron chi connectivity index (χ3n) is 3.17. The van der Waals surface area contributed by atoms with E-state index in [2.05, 4.69) is 15.3 Å². The van der Waals surface area contributed by atoms with Crippen LogP contribution >= 0.6 is 11.6 Å². The van der Waals surface area contributed by atoms with Gasteiger partial charge >= 0.3 is 0 Å². The van der Waals surface area contributed by atoms with Gasteiger partial charge in [-0.15, -0.1) is 0 Å². The summed E-state index contributed by atoms with van der Waals surface area (Å²) in [5.41, 5.74) is 2.49. The van der Waals surface area contributed by atoms with Gasteiger partial charge in [-0.3, -0.25) is 9.78 Å². The van der Waals surface area contributed by atoms with Crippen molar-refractivity contribution in [2.45, 2.75) is 6.92 Å². The molecule has 0 fully saturated rings. The summed E-state index contributed by atoms with van der Waals surface area (Å²) in [5, 5.41) is 4.25. The number of aromatic nitrogens is 2. The van der Waals surface area contributed by atoms with Gasteiger partial charge in [0.05, 0.1) is 22.4 Å². The molecule has 3 rings (SSSR count). The van der Waals surface area contributed by atoms with Crippen LogP contribution < -0.4 is 5.32 Å². The van der Waals surface area contributed by atoms with Crippen molar-refractivity contribution in [1.29, 1.82) is 0 Å². The standard InChI is InChI=1S/C16H12ClN3O/c1-10-3-2-4-12(15(10)17)20-16(21)13-6-5-11-7-8-18-9-14(11)19-13/h2-9H,1H3,(H,20,21). The van der Waals surface area contributed by atoms with Crippen molar-refractivity contribution in [1.82, 2.24) is 9.97 Å². The van der Waals surface area contributed by atoms with Crippen LogP contribution in [0, 0.1) is 6.92 Å². The molecule has 2 heterocycles. The molecule has 0 saturated heterocycles. The summed E-state index contributed by atoms with van der Waals surface area (Å²) < 4.78 is 0. The number of aryl methyl sites for hydroxylation is 1. The summed E-state index contributed by atoms with van der Waals surface area (Å²) in [5.74, 6) is -0.298. The fourth-order valence-electron chi connectivity index (χ4n) is 2.02. The lowest BCUT2D eigenvalue weighted by molar-refractivity contribution is 0.102. The van der Waals surface area contributed by atoms with Crippen LogP contribution in [0.3, 0.4) is 0 Å². The van der Waals surface area contributed by atoms with Crippen molar-refractivity contribution >= 4 is 34.1 Å². The van der Waals surface area contributed by atoms with Gasteiger partial charge in [-0.25, -0.2) is 4.98 Å². The number of hydrogen-bond acceptors (Lipinski definition) is 3. The van der Waals surface area contributed by atoms with Crippen molar-refractivity contribution in [3.8, 4) is 0 Å². The SMILES string of the molecule is Cc1cccc(NC(=O)c2ccc3ccncc3n2)c1Cl. The maximum absolute atomic E-state index is 12.3. The van der Waals surface area contributed by atoms with Gasteiger partial charge in [0.25, 0.3) is 5.91 Å². The van der Waals surface area contributed by atoms with Crippen molar-refractivity contribution < 1.29 is 4.79 Å². The van der Waals surface area contributed by atoms with Crippen molar-refractivity contribution in [3.05, 3.63) is 65.1 Å². The monoisotopic (exact) mass is 297 g/mol. The molecule has 0 bridgehead atoms. The fraction of sp³-hybridized carbons (Fsp3) is 0.0625. The molecule has 0 aliphatic heterocycles. The molecule has 3 aromatic rings. The summed E-state index contributed by atoms with van der Waals surface area (Å²) in [7, 11) is 0. The summed E-state index contributed by atoms with van der Waals surface area (Å²) in [6, 6.07) is 10.9. The average molecular weight is 298 g/mol. The molecule has 1 N–H and O–H groups in total. The van der Waals surface area contributed by atoms with Crippen LogP contribution in [0.25, 0.3) is 10.9 Å². The predicted octanol–water partition coefficient (Wildman–Crippen LogP) is 3.84. The van der Waals surface area contributed by atoms with Crippen LogP contribution in [-0.2, 0) is 0 Å². The number of amides is 1. The van der Waals surface area contributed by atoms with E-state index in [9.17, 15) is 4.79 Å². The molecule has 1 aromatic carbocycles. The number of carbonyl (C=O) groups excluding carboxylic acids is 1. The first-order valence-corrected chi connectivity index (χ1v) is 6.80. The highest BCUT2D eigenvalue weighted by Crippen LogP contribution is 2.25. The van der Waals surface area contributed by atoms with E-state index >= 15 is 0 Å². The van der Waals surface area contributed by atoms with E-state index in [-0.39, 0.29) is 5.91 Å². The molecule has 2 aromatic heterocycles. The normalized spacial score (nSPS) is 10.6. The van der Waals surface area contributed by atoms with E-state index in [0.717, 1.165) is 10.9 Å². The Kier molecular flexibility index (Phi) is 3.54. The lowest BCUT2D eigenvalue weighted by atomic mass is 10.2. The third kappa shape index (κ3) is 2.71. The lowest BCUT2D eigenvalue weighted by Gasteiger charge is -2.08. The first-order valence-electron chi connectivity index (χ1n) is 6.42. The zero-order valence-corrected chi connectivity index (χ0v) is 12.1. The molecule has 0 unspecified atom stereocenters. The van der Waals surface area contributed by atoms with Gasteiger partial charge in [-0.2, -0.15) is 0 Å². The van der Waals surface area contributed by atoms with Gasteiger partial charge in [0.15, 0.2) is 0 Å². The molecule has 0 spiro atoms. The Morgan fingerprint density at radius 1 is 1.19 bits per heavy atom. The van der Waals surface area contributed by atoms with Crippen LogP contribution in [-0.4, -0.2) is 15.9 Å². The Morgan fingerprint density at radius 3 is 2.90 bits per heavy atom. The van der Waals surface area contributed by atoms with Gasteiger partial charge in [-0.05, 0) is 30.7 Å². The van der Waals surface area contributed by atoms with Crippen LogP contribution in [0.2, 0.25) is 5.02 Å². The number of fused-ring (bicyclic) bond motifs is 1. The van der Waals surface area contributed by atoms with Gasteiger partial charge in [0.1, 0.15) is 5.69 Å². The van der Waals surface area contributed by atoms with Crippen molar-refractivity contribution in [2.24, 2.45) is 0 Å². The second-order valence-corrected chi connectivity index (χ2v) is 5.03. The maximum Gasteiger partial charge on any atom is 0.274 e. The van der Waals surface area contributed by atoms with E-state index in [1.807, 2.05) is 31.2 Å². The molecule has 1 amide bonds. The molecule has 0 saturated carbocycles. The quantitative estimate of drug-likeness (QED) is 0.782. The lowest BCUT2D eigenvalue weighted by Crippen LogP contribution is -2.14. The third-order valence-corrected chi connectivity index (χ3v) is 3.67. The molecule has 21 heavy (non-hydrogen) atoms. The Bertz CT molecular complexity index is 833. The highest BCUT2D eigenvalue weighted by atomic mass is 35.5. The van der Waals surface area contributed by atoms with E-state index in [1.54, 1.807) is 24.5 Å². The molecule has 0 aliphatic carbocycles. The van der Waals surface area contributed by atoms with E-state index in [4.69, 9.17) is 11.6 Å². The summed E-state index contributed by atoms with van der Waals surface area (Å²) in [6.45, 7) is 1.89. The Labute approximate surface area is 126 Å². The molecule has 104 valence electrons. The number of benzene rings is 1. The molecule has 0 aliphatic rings. The highest BCUT2D eigenvalue weighted by molar-refractivity contribution is 6.34. The first-order chi connectivity index (χ1) is 10.1. The number of halogens is 1. The number of nitrogens with one attached hydrogen (secondary N) is 1. The number of anilines is 1. The van der Waals surface area contributed by atoms with Crippen molar-refractivity contribution in [2.75, 3.05) is 5.32 Å². The van der Waals surface area contributed by atoms with Crippen molar-refractivity contribution in [3.63, 3.8) is 0 Å². The minimum atomic E-state index is -0.298. The van der Waals surface area contributed by atoms with Crippen LogP contribution in [0.5, 0.6) is 0 Å². The number of hydrogen-bond donors (Lipinski definition) is 1. The highest BCUT2D eigenvalue weighted by Gasteiger charge is 2.11. The molecular formula is C16H12ClN3O. The maximum atomic E-state index is 12.3. The van der Waals surface area contributed by atoms with Crippen LogP contribution in [0.1, 0.15) is 16.1 Å². The molecule has 0 atom stereocenters. The average Bonchev–Trinajstić information content (AvgIpc) is 2.51. The minimum absolute atomic E-state index is 0.298. The zero-order valence-electron chi connectivity index (χ0n) is 11.3. The largest absolute Gasteiger partial charge is 0.319 e. The number of carbonyl (C=O) groups is 1. The molecule has 4 nitrogen and oxygen atoms in total. The minimum Gasteiger partial charge on any atom is -0.319 e. The molecule has 5 heteroatoms.